The molecule has 0 spiro atoms. The second-order valence-electron chi connectivity index (χ2n) is 7.26. The van der Waals surface area contributed by atoms with E-state index in [1.807, 2.05) is 13.8 Å². The Morgan fingerprint density at radius 2 is 2.09 bits per heavy atom. The van der Waals surface area contributed by atoms with Crippen molar-refractivity contribution >= 4 is 5.69 Å². The first kappa shape index (κ1) is 18.0. The summed E-state index contributed by atoms with van der Waals surface area (Å²) < 4.78 is 6.07. The minimum absolute atomic E-state index is 0.0965. The summed E-state index contributed by atoms with van der Waals surface area (Å²) in [5, 5.41) is 3.50. The summed E-state index contributed by atoms with van der Waals surface area (Å²) >= 11 is 0. The molecule has 0 aromatic heterocycles. The Balaban J connectivity index is 2.41. The fraction of sp³-hybridized carbons (Fsp3) is 0.579. The minimum atomic E-state index is -0.673. The third kappa shape index (κ3) is 4.34. The summed E-state index contributed by atoms with van der Waals surface area (Å²) in [6.45, 7) is 10.1. The van der Waals surface area contributed by atoms with Crippen LogP contribution in [0.15, 0.2) is 29.8 Å². The first-order valence-electron chi connectivity index (χ1n) is 8.49. The molecule has 1 aromatic carbocycles. The van der Waals surface area contributed by atoms with E-state index in [-0.39, 0.29) is 18.2 Å². The molecule has 1 heterocycles. The Kier molecular flexibility index (Phi) is 5.50. The van der Waals surface area contributed by atoms with Crippen LogP contribution in [0.5, 0.6) is 0 Å². The first-order chi connectivity index (χ1) is 10.7. The molecule has 0 aliphatic carbocycles. The molecule has 0 unspecified atom stereocenters. The zero-order valence-electron chi connectivity index (χ0n) is 15.0. The van der Waals surface area contributed by atoms with Crippen molar-refractivity contribution in [2.24, 2.45) is 11.5 Å². The van der Waals surface area contributed by atoms with Gasteiger partial charge >= 0.3 is 0 Å². The summed E-state index contributed by atoms with van der Waals surface area (Å²) in [7, 11) is 0. The lowest BCUT2D eigenvalue weighted by Gasteiger charge is -2.29. The van der Waals surface area contributed by atoms with E-state index < -0.39 is 5.72 Å². The number of hydrogen-bond acceptors (Lipinski definition) is 4. The maximum Gasteiger partial charge on any atom is 0.137 e. The van der Waals surface area contributed by atoms with Crippen molar-refractivity contribution in [2.75, 3.05) is 5.32 Å². The van der Waals surface area contributed by atoms with Crippen LogP contribution in [0.25, 0.3) is 0 Å². The molecule has 0 saturated carbocycles. The van der Waals surface area contributed by atoms with E-state index in [4.69, 9.17) is 16.2 Å². The van der Waals surface area contributed by atoms with Crippen LogP contribution in [-0.4, -0.2) is 12.0 Å². The van der Waals surface area contributed by atoms with Crippen molar-refractivity contribution in [1.82, 2.24) is 0 Å². The van der Waals surface area contributed by atoms with Crippen molar-refractivity contribution in [3.63, 3.8) is 0 Å². The van der Waals surface area contributed by atoms with Crippen molar-refractivity contribution in [3.05, 3.63) is 41.0 Å². The van der Waals surface area contributed by atoms with Gasteiger partial charge in [-0.1, -0.05) is 37.1 Å². The summed E-state index contributed by atoms with van der Waals surface area (Å²) in [5.41, 5.74) is 16.6. The second-order valence-corrected chi connectivity index (χ2v) is 7.26. The second kappa shape index (κ2) is 7.04. The summed E-state index contributed by atoms with van der Waals surface area (Å²) in [4.78, 5) is 0. The van der Waals surface area contributed by atoms with E-state index in [1.165, 1.54) is 16.7 Å². The lowest BCUT2D eigenvalue weighted by atomic mass is 9.88. The van der Waals surface area contributed by atoms with Gasteiger partial charge in [0.1, 0.15) is 12.0 Å². The Morgan fingerprint density at radius 3 is 2.65 bits per heavy atom. The van der Waals surface area contributed by atoms with Crippen LogP contribution < -0.4 is 16.8 Å². The molecule has 5 N–H and O–H groups in total. The molecule has 1 aliphatic rings. The Bertz CT molecular complexity index is 570. The zero-order valence-corrected chi connectivity index (χ0v) is 15.0. The topological polar surface area (TPSA) is 73.3 Å². The highest BCUT2D eigenvalue weighted by Gasteiger charge is 2.37. The number of rotatable bonds is 6. The minimum Gasteiger partial charge on any atom is -0.359 e. The molecule has 0 fully saturated rings. The first-order valence-corrected chi connectivity index (χ1v) is 8.49. The lowest BCUT2D eigenvalue weighted by Crippen LogP contribution is -2.42. The van der Waals surface area contributed by atoms with Gasteiger partial charge in [-0.3, -0.25) is 0 Å². The Labute approximate surface area is 140 Å². The monoisotopic (exact) mass is 317 g/mol. The molecule has 1 aliphatic heterocycles. The number of allylic oxidation sites excluding steroid dienone is 1. The standard InChI is InChI=1S/C19H31N3O/c1-6-8-14-17-13(15(20)11-12(2)3)9-7-10-16(17)22-18(14)23-19(4,5)21/h7,9-11,14-15,18,22H,6,8,20-21H2,1-5H3/t14-,15-,18+/m1/s1. The molecule has 1 aromatic rings. The molecular weight excluding hydrogens is 286 g/mol. The normalized spacial score (nSPS) is 21.5. The van der Waals surface area contributed by atoms with Crippen LogP contribution in [0.3, 0.4) is 0 Å². The summed E-state index contributed by atoms with van der Waals surface area (Å²) in [6, 6.07) is 6.19. The maximum absolute atomic E-state index is 6.43. The predicted molar refractivity (Wildman–Crippen MR) is 97.2 cm³/mol. The highest BCUT2D eigenvalue weighted by atomic mass is 16.5. The molecule has 0 bridgehead atoms. The van der Waals surface area contributed by atoms with Crippen LogP contribution >= 0.6 is 0 Å². The lowest BCUT2D eigenvalue weighted by molar-refractivity contribution is -0.0634. The fourth-order valence-electron chi connectivity index (χ4n) is 3.31. The number of anilines is 1. The van der Waals surface area contributed by atoms with Crippen LogP contribution in [0.1, 0.15) is 70.5 Å². The van der Waals surface area contributed by atoms with Gasteiger partial charge in [-0.2, -0.15) is 0 Å². The van der Waals surface area contributed by atoms with E-state index in [0.717, 1.165) is 18.5 Å². The molecule has 3 atom stereocenters. The van der Waals surface area contributed by atoms with E-state index in [0.29, 0.717) is 0 Å². The molecule has 0 saturated heterocycles. The third-order valence-corrected chi connectivity index (χ3v) is 4.08. The van der Waals surface area contributed by atoms with E-state index in [2.05, 4.69) is 50.4 Å². The van der Waals surface area contributed by atoms with Gasteiger partial charge in [-0.15, -0.1) is 0 Å². The molecule has 2 rings (SSSR count). The van der Waals surface area contributed by atoms with Crippen LogP contribution in [-0.2, 0) is 4.74 Å². The smallest absolute Gasteiger partial charge is 0.137 e. The van der Waals surface area contributed by atoms with Gasteiger partial charge in [0.05, 0.1) is 0 Å². The molecule has 0 amide bonds. The molecule has 23 heavy (non-hydrogen) atoms. The molecule has 4 heteroatoms. The van der Waals surface area contributed by atoms with E-state index in [9.17, 15) is 0 Å². The van der Waals surface area contributed by atoms with Gasteiger partial charge in [0.25, 0.3) is 0 Å². The quantitative estimate of drug-likeness (QED) is 0.548. The molecular formula is C19H31N3O. The van der Waals surface area contributed by atoms with Crippen LogP contribution in [0, 0.1) is 0 Å². The predicted octanol–water partition coefficient (Wildman–Crippen LogP) is 4.00. The highest BCUT2D eigenvalue weighted by molar-refractivity contribution is 5.63. The fourth-order valence-corrected chi connectivity index (χ4v) is 3.31. The summed E-state index contributed by atoms with van der Waals surface area (Å²) in [6.07, 6.45) is 4.13. The number of nitrogens with two attached hydrogens (primary N) is 2. The molecule has 0 radical (unpaired) electrons. The van der Waals surface area contributed by atoms with Crippen LogP contribution in [0.4, 0.5) is 5.69 Å². The van der Waals surface area contributed by atoms with Crippen LogP contribution in [0.2, 0.25) is 0 Å². The summed E-state index contributed by atoms with van der Waals surface area (Å²) in [5.74, 6) is 0.269. The van der Waals surface area contributed by atoms with Crippen molar-refractivity contribution in [3.8, 4) is 0 Å². The molecule has 128 valence electrons. The van der Waals surface area contributed by atoms with Gasteiger partial charge in [0.15, 0.2) is 0 Å². The van der Waals surface area contributed by atoms with Gasteiger partial charge in [0, 0.05) is 17.6 Å². The Hall–Kier alpha value is -1.36. The van der Waals surface area contributed by atoms with E-state index in [1.54, 1.807) is 0 Å². The SMILES string of the molecule is CCC[C@@H]1c2c(cccc2[C@H](N)C=C(C)C)N[C@H]1OC(C)(C)N. The average Bonchev–Trinajstić information content (AvgIpc) is 2.74. The van der Waals surface area contributed by atoms with Crippen molar-refractivity contribution in [2.45, 2.75) is 71.4 Å². The number of hydrogen-bond donors (Lipinski definition) is 3. The van der Waals surface area contributed by atoms with Crippen molar-refractivity contribution in [1.29, 1.82) is 0 Å². The average molecular weight is 317 g/mol. The maximum atomic E-state index is 6.43. The van der Waals surface area contributed by atoms with E-state index >= 15 is 0 Å². The number of fused-ring (bicyclic) bond motifs is 1. The number of ether oxygens (including phenoxy) is 1. The number of nitrogens with one attached hydrogen (secondary N) is 1. The number of benzene rings is 1. The Morgan fingerprint density at radius 1 is 1.39 bits per heavy atom. The zero-order chi connectivity index (χ0) is 17.2. The van der Waals surface area contributed by atoms with Gasteiger partial charge in [-0.25, -0.2) is 0 Å². The molecule has 4 nitrogen and oxygen atoms in total. The van der Waals surface area contributed by atoms with Gasteiger partial charge < -0.3 is 21.5 Å². The van der Waals surface area contributed by atoms with Gasteiger partial charge in [-0.05, 0) is 51.3 Å². The highest BCUT2D eigenvalue weighted by Crippen LogP contribution is 2.43. The van der Waals surface area contributed by atoms with Crippen molar-refractivity contribution < 1.29 is 4.74 Å². The van der Waals surface area contributed by atoms with Gasteiger partial charge in [0.2, 0.25) is 0 Å². The third-order valence-electron chi connectivity index (χ3n) is 4.08. The largest absolute Gasteiger partial charge is 0.359 e.